The van der Waals surface area contributed by atoms with Crippen molar-refractivity contribution in [3.8, 4) is 0 Å². The van der Waals surface area contributed by atoms with E-state index in [1.165, 1.54) is 6.07 Å². The largest absolute Gasteiger partial charge is 0.381 e. The van der Waals surface area contributed by atoms with Crippen molar-refractivity contribution in [2.75, 3.05) is 20.3 Å². The summed E-state index contributed by atoms with van der Waals surface area (Å²) in [6.45, 7) is 3.11. The van der Waals surface area contributed by atoms with E-state index < -0.39 is 17.7 Å². The van der Waals surface area contributed by atoms with E-state index in [-0.39, 0.29) is 17.4 Å². The number of rotatable bonds is 4. The summed E-state index contributed by atoms with van der Waals surface area (Å²) < 4.78 is 31.8. The second kappa shape index (κ2) is 6.41. The van der Waals surface area contributed by atoms with Crippen LogP contribution < -0.4 is 0 Å². The molecule has 0 amide bonds. The summed E-state index contributed by atoms with van der Waals surface area (Å²) in [6.07, 6.45) is 1.72. The standard InChI is InChI=1S/C15H19F2NO2/c1-10(18(2)12-5-7-20-8-6-12)15(19)13-4-3-11(16)9-14(13)17/h3-4,9-10,12H,5-8H2,1-2H3. The average Bonchev–Trinajstić information content (AvgIpc) is 2.46. The minimum atomic E-state index is -0.803. The fraction of sp³-hybridized carbons (Fsp3) is 0.533. The zero-order valence-electron chi connectivity index (χ0n) is 11.7. The predicted molar refractivity (Wildman–Crippen MR) is 71.8 cm³/mol. The van der Waals surface area contributed by atoms with Crippen LogP contribution in [0, 0.1) is 11.6 Å². The summed E-state index contributed by atoms with van der Waals surface area (Å²) >= 11 is 0. The lowest BCUT2D eigenvalue weighted by molar-refractivity contribution is 0.0300. The van der Waals surface area contributed by atoms with Gasteiger partial charge in [-0.05, 0) is 38.9 Å². The van der Waals surface area contributed by atoms with Crippen molar-refractivity contribution in [2.24, 2.45) is 0 Å². The first-order valence-electron chi connectivity index (χ1n) is 6.79. The van der Waals surface area contributed by atoms with Gasteiger partial charge in [0.25, 0.3) is 0 Å². The number of benzene rings is 1. The van der Waals surface area contributed by atoms with Gasteiger partial charge in [-0.1, -0.05) is 0 Å². The minimum Gasteiger partial charge on any atom is -0.381 e. The van der Waals surface area contributed by atoms with E-state index >= 15 is 0 Å². The number of hydrogen-bond donors (Lipinski definition) is 0. The maximum absolute atomic E-state index is 13.7. The van der Waals surface area contributed by atoms with Crippen LogP contribution in [0.25, 0.3) is 0 Å². The second-order valence-electron chi connectivity index (χ2n) is 5.17. The highest BCUT2D eigenvalue weighted by atomic mass is 19.1. The van der Waals surface area contributed by atoms with Gasteiger partial charge in [-0.2, -0.15) is 0 Å². The molecular formula is C15H19F2NO2. The molecular weight excluding hydrogens is 264 g/mol. The molecule has 1 unspecified atom stereocenters. The molecule has 1 saturated heterocycles. The molecule has 1 aromatic rings. The molecule has 5 heteroatoms. The summed E-state index contributed by atoms with van der Waals surface area (Å²) in [5.41, 5.74) is -0.0576. The Bertz CT molecular complexity index is 487. The van der Waals surface area contributed by atoms with E-state index in [0.717, 1.165) is 25.0 Å². The Hall–Kier alpha value is -1.33. The molecule has 110 valence electrons. The molecule has 1 atom stereocenters. The first-order chi connectivity index (χ1) is 9.50. The lowest BCUT2D eigenvalue weighted by Crippen LogP contribution is -2.45. The summed E-state index contributed by atoms with van der Waals surface area (Å²) in [4.78, 5) is 14.3. The molecule has 0 aromatic heterocycles. The zero-order chi connectivity index (χ0) is 14.7. The van der Waals surface area contributed by atoms with Gasteiger partial charge in [0.2, 0.25) is 0 Å². The number of ether oxygens (including phenoxy) is 1. The normalized spacial score (nSPS) is 18.2. The van der Waals surface area contributed by atoms with Crippen LogP contribution in [0.4, 0.5) is 8.78 Å². The van der Waals surface area contributed by atoms with Crippen LogP contribution in [0.3, 0.4) is 0 Å². The Balaban J connectivity index is 2.10. The Labute approximate surface area is 117 Å². The lowest BCUT2D eigenvalue weighted by Gasteiger charge is -2.34. The van der Waals surface area contributed by atoms with Crippen LogP contribution in [0.5, 0.6) is 0 Å². The van der Waals surface area contributed by atoms with Crippen molar-refractivity contribution in [3.05, 3.63) is 35.4 Å². The van der Waals surface area contributed by atoms with E-state index in [4.69, 9.17) is 4.74 Å². The van der Waals surface area contributed by atoms with E-state index in [0.29, 0.717) is 13.2 Å². The molecule has 1 heterocycles. The van der Waals surface area contributed by atoms with Crippen molar-refractivity contribution in [1.29, 1.82) is 0 Å². The zero-order valence-corrected chi connectivity index (χ0v) is 11.7. The highest BCUT2D eigenvalue weighted by Crippen LogP contribution is 2.19. The molecule has 2 rings (SSSR count). The van der Waals surface area contributed by atoms with E-state index in [1.54, 1.807) is 6.92 Å². The van der Waals surface area contributed by atoms with Gasteiger partial charge in [0.15, 0.2) is 5.78 Å². The van der Waals surface area contributed by atoms with Gasteiger partial charge in [-0.25, -0.2) is 8.78 Å². The number of likely N-dealkylation sites (N-methyl/N-ethyl adjacent to an activating group) is 1. The lowest BCUT2D eigenvalue weighted by atomic mass is 10.00. The maximum Gasteiger partial charge on any atom is 0.182 e. The maximum atomic E-state index is 13.7. The molecule has 1 fully saturated rings. The number of carbonyl (C=O) groups is 1. The van der Waals surface area contributed by atoms with E-state index in [9.17, 15) is 13.6 Å². The van der Waals surface area contributed by atoms with Gasteiger partial charge in [0.05, 0.1) is 11.6 Å². The molecule has 0 bridgehead atoms. The number of carbonyl (C=O) groups excluding carboxylic acids is 1. The first kappa shape index (κ1) is 15.1. The SMILES string of the molecule is CC(C(=O)c1ccc(F)cc1F)N(C)C1CCOCC1. The van der Waals surface area contributed by atoms with Gasteiger partial charge in [0.1, 0.15) is 11.6 Å². The van der Waals surface area contributed by atoms with Gasteiger partial charge >= 0.3 is 0 Å². The van der Waals surface area contributed by atoms with Crippen LogP contribution in [0.15, 0.2) is 18.2 Å². The van der Waals surface area contributed by atoms with E-state index in [1.807, 2.05) is 11.9 Å². The van der Waals surface area contributed by atoms with Gasteiger partial charge in [-0.3, -0.25) is 9.69 Å². The molecule has 0 N–H and O–H groups in total. The fourth-order valence-electron chi connectivity index (χ4n) is 2.51. The van der Waals surface area contributed by atoms with Gasteiger partial charge in [-0.15, -0.1) is 0 Å². The first-order valence-corrected chi connectivity index (χ1v) is 6.79. The second-order valence-corrected chi connectivity index (χ2v) is 5.17. The third-order valence-corrected chi connectivity index (χ3v) is 3.95. The highest BCUT2D eigenvalue weighted by Gasteiger charge is 2.28. The topological polar surface area (TPSA) is 29.5 Å². The molecule has 0 saturated carbocycles. The van der Waals surface area contributed by atoms with Crippen LogP contribution in [0.2, 0.25) is 0 Å². The number of Topliss-reactive ketones (excluding diaryl/α,β-unsaturated/α-hetero) is 1. The molecule has 1 aliphatic heterocycles. The quantitative estimate of drug-likeness (QED) is 0.796. The smallest absolute Gasteiger partial charge is 0.182 e. The van der Waals surface area contributed by atoms with Crippen molar-refractivity contribution < 1.29 is 18.3 Å². The van der Waals surface area contributed by atoms with Crippen LogP contribution >= 0.6 is 0 Å². The Kier molecular flexibility index (Phi) is 4.83. The Morgan fingerprint density at radius 2 is 2.00 bits per heavy atom. The monoisotopic (exact) mass is 283 g/mol. The van der Waals surface area contributed by atoms with Crippen LogP contribution in [-0.4, -0.2) is 43.0 Å². The summed E-state index contributed by atoms with van der Waals surface area (Å²) in [6, 6.07) is 2.87. The molecule has 1 aliphatic rings. The van der Waals surface area contributed by atoms with Crippen molar-refractivity contribution in [3.63, 3.8) is 0 Å². The minimum absolute atomic E-state index is 0.0576. The molecule has 3 nitrogen and oxygen atoms in total. The molecule has 0 aliphatic carbocycles. The average molecular weight is 283 g/mol. The third-order valence-electron chi connectivity index (χ3n) is 3.95. The highest BCUT2D eigenvalue weighted by molar-refractivity contribution is 6.00. The van der Waals surface area contributed by atoms with Crippen molar-refractivity contribution >= 4 is 5.78 Å². The molecule has 0 spiro atoms. The van der Waals surface area contributed by atoms with Crippen LogP contribution in [0.1, 0.15) is 30.1 Å². The Morgan fingerprint density at radius 1 is 1.35 bits per heavy atom. The van der Waals surface area contributed by atoms with Crippen LogP contribution in [-0.2, 0) is 4.74 Å². The summed E-state index contributed by atoms with van der Waals surface area (Å²) in [7, 11) is 1.86. The summed E-state index contributed by atoms with van der Waals surface area (Å²) in [5.74, 6) is -1.80. The third kappa shape index (κ3) is 3.22. The van der Waals surface area contributed by atoms with Gasteiger partial charge < -0.3 is 4.74 Å². The molecule has 0 radical (unpaired) electrons. The summed E-state index contributed by atoms with van der Waals surface area (Å²) in [5, 5.41) is 0. The molecule has 1 aromatic carbocycles. The molecule has 20 heavy (non-hydrogen) atoms. The number of ketones is 1. The fourth-order valence-corrected chi connectivity index (χ4v) is 2.51. The Morgan fingerprint density at radius 3 is 2.60 bits per heavy atom. The number of halogens is 2. The van der Waals surface area contributed by atoms with Gasteiger partial charge in [0, 0.05) is 25.3 Å². The van der Waals surface area contributed by atoms with Crippen molar-refractivity contribution in [2.45, 2.75) is 31.8 Å². The number of nitrogens with zero attached hydrogens (tertiary/aromatic N) is 1. The van der Waals surface area contributed by atoms with Crippen molar-refractivity contribution in [1.82, 2.24) is 4.90 Å². The number of hydrogen-bond acceptors (Lipinski definition) is 3. The van der Waals surface area contributed by atoms with E-state index in [2.05, 4.69) is 0 Å². The predicted octanol–water partition coefficient (Wildman–Crippen LogP) is 2.65.